The molecular weight excluding hydrogens is 501 g/mol. The molecule has 0 unspecified atom stereocenters. The van der Waals surface area contributed by atoms with Crippen LogP contribution in [0.15, 0.2) is 72.4 Å². The van der Waals surface area contributed by atoms with Crippen LogP contribution in [0.3, 0.4) is 0 Å². The van der Waals surface area contributed by atoms with Crippen molar-refractivity contribution in [1.29, 1.82) is 0 Å². The second-order valence-corrected chi connectivity index (χ2v) is 7.38. The summed E-state index contributed by atoms with van der Waals surface area (Å²) in [5.41, 5.74) is 2.48. The Balaban J connectivity index is 0.00000272. The molecule has 0 radical (unpaired) electrons. The van der Waals surface area contributed by atoms with Crippen molar-refractivity contribution in [2.45, 2.75) is 20.0 Å². The first-order valence-electron chi connectivity index (χ1n) is 10.5. The van der Waals surface area contributed by atoms with Crippen molar-refractivity contribution in [3.05, 3.63) is 78.5 Å². The smallest absolute Gasteiger partial charge is 0.194 e. The Bertz CT molecular complexity index is 918. The lowest BCUT2D eigenvalue weighted by molar-refractivity contribution is 0.371. The zero-order valence-corrected chi connectivity index (χ0v) is 20.2. The maximum Gasteiger partial charge on any atom is 0.194 e. The van der Waals surface area contributed by atoms with Gasteiger partial charge in [0.2, 0.25) is 0 Å². The number of aliphatic imine (C=N–C) groups is 1. The van der Waals surface area contributed by atoms with Crippen molar-refractivity contribution in [3.8, 4) is 0 Å². The van der Waals surface area contributed by atoms with E-state index in [9.17, 15) is 0 Å². The molecule has 3 heterocycles. The molecule has 1 aromatic carbocycles. The highest BCUT2D eigenvalue weighted by Crippen LogP contribution is 2.13. The highest BCUT2D eigenvalue weighted by atomic mass is 127. The summed E-state index contributed by atoms with van der Waals surface area (Å²) in [5, 5.41) is 3.45. The summed E-state index contributed by atoms with van der Waals surface area (Å²) in [5.74, 6) is 2.04. The molecule has 1 saturated heterocycles. The number of halogens is 1. The van der Waals surface area contributed by atoms with E-state index < -0.39 is 0 Å². The number of guanidine groups is 1. The SMILES string of the molecule is CCNC(=NCc1ccc(Cn2ccnc2)cc1)N1CCN(c2ccccn2)CC1.I. The second kappa shape index (κ2) is 11.7. The van der Waals surface area contributed by atoms with Gasteiger partial charge in [0.25, 0.3) is 0 Å². The average Bonchev–Trinajstić information content (AvgIpc) is 3.31. The van der Waals surface area contributed by atoms with Gasteiger partial charge in [0, 0.05) is 57.9 Å². The summed E-state index contributed by atoms with van der Waals surface area (Å²) in [4.78, 5) is 18.1. The second-order valence-electron chi connectivity index (χ2n) is 7.38. The van der Waals surface area contributed by atoms with E-state index in [1.807, 2.05) is 37.1 Å². The van der Waals surface area contributed by atoms with Gasteiger partial charge in [0.15, 0.2) is 5.96 Å². The number of anilines is 1. The summed E-state index contributed by atoms with van der Waals surface area (Å²) in [6.45, 7) is 8.27. The maximum atomic E-state index is 4.89. The van der Waals surface area contributed by atoms with Crippen LogP contribution >= 0.6 is 24.0 Å². The molecule has 0 bridgehead atoms. The zero-order chi connectivity index (χ0) is 20.6. The number of piperazine rings is 1. The molecule has 4 rings (SSSR count). The van der Waals surface area contributed by atoms with Crippen LogP contribution in [0.4, 0.5) is 5.82 Å². The molecule has 0 aliphatic carbocycles. The molecule has 0 amide bonds. The molecule has 0 atom stereocenters. The van der Waals surface area contributed by atoms with Gasteiger partial charge in [-0.1, -0.05) is 30.3 Å². The number of hydrogen-bond acceptors (Lipinski definition) is 4. The van der Waals surface area contributed by atoms with Gasteiger partial charge in [-0.3, -0.25) is 0 Å². The van der Waals surface area contributed by atoms with Gasteiger partial charge in [-0.05, 0) is 30.2 Å². The number of nitrogens with one attached hydrogen (secondary N) is 1. The van der Waals surface area contributed by atoms with E-state index in [1.54, 1.807) is 0 Å². The Labute approximate surface area is 201 Å². The molecule has 8 heteroatoms. The van der Waals surface area contributed by atoms with Crippen LogP contribution in [0.1, 0.15) is 18.1 Å². The third-order valence-electron chi connectivity index (χ3n) is 5.25. The molecular formula is C23H30IN7. The van der Waals surface area contributed by atoms with Crippen LogP contribution in [-0.2, 0) is 13.1 Å². The van der Waals surface area contributed by atoms with Gasteiger partial charge in [0.1, 0.15) is 5.82 Å². The van der Waals surface area contributed by atoms with Gasteiger partial charge in [-0.15, -0.1) is 24.0 Å². The van der Waals surface area contributed by atoms with Gasteiger partial charge >= 0.3 is 0 Å². The van der Waals surface area contributed by atoms with Crippen molar-refractivity contribution in [2.75, 3.05) is 37.6 Å². The lowest BCUT2D eigenvalue weighted by Crippen LogP contribution is -2.52. The third-order valence-corrected chi connectivity index (χ3v) is 5.25. The van der Waals surface area contributed by atoms with Crippen LogP contribution in [0.2, 0.25) is 0 Å². The fourth-order valence-electron chi connectivity index (χ4n) is 3.62. The topological polar surface area (TPSA) is 61.6 Å². The summed E-state index contributed by atoms with van der Waals surface area (Å²) in [6.07, 6.45) is 7.48. The Morgan fingerprint density at radius 3 is 2.42 bits per heavy atom. The summed E-state index contributed by atoms with van der Waals surface area (Å²) < 4.78 is 2.07. The minimum atomic E-state index is 0. The van der Waals surface area contributed by atoms with Crippen molar-refractivity contribution in [1.82, 2.24) is 24.8 Å². The van der Waals surface area contributed by atoms with Crippen LogP contribution in [0, 0.1) is 0 Å². The summed E-state index contributed by atoms with van der Waals surface area (Å²) in [6, 6.07) is 14.7. The number of aromatic nitrogens is 3. The molecule has 0 saturated carbocycles. The first kappa shape index (κ1) is 23.1. The molecule has 0 spiro atoms. The van der Waals surface area contributed by atoms with Gasteiger partial charge < -0.3 is 19.7 Å². The van der Waals surface area contributed by atoms with E-state index in [0.717, 1.165) is 51.0 Å². The van der Waals surface area contributed by atoms with Crippen molar-refractivity contribution in [2.24, 2.45) is 4.99 Å². The summed E-state index contributed by atoms with van der Waals surface area (Å²) in [7, 11) is 0. The number of rotatable bonds is 6. The predicted octanol–water partition coefficient (Wildman–Crippen LogP) is 3.23. The van der Waals surface area contributed by atoms with E-state index in [1.165, 1.54) is 11.1 Å². The van der Waals surface area contributed by atoms with Gasteiger partial charge in [-0.2, -0.15) is 0 Å². The molecule has 1 aliphatic rings. The molecule has 31 heavy (non-hydrogen) atoms. The van der Waals surface area contributed by atoms with E-state index in [4.69, 9.17) is 4.99 Å². The largest absolute Gasteiger partial charge is 0.357 e. The van der Waals surface area contributed by atoms with E-state index >= 15 is 0 Å². The standard InChI is InChI=1S/C23H29N7.HI/c1-2-25-23(30-15-13-29(14-16-30)22-5-3-4-10-26-22)27-17-20-6-8-21(9-7-20)18-28-12-11-24-19-28;/h3-12,19H,2,13-18H2,1H3,(H,25,27);1H. The minimum Gasteiger partial charge on any atom is -0.357 e. The molecule has 3 aromatic rings. The highest BCUT2D eigenvalue weighted by Gasteiger charge is 2.20. The van der Waals surface area contributed by atoms with Crippen molar-refractivity contribution >= 4 is 35.8 Å². The summed E-state index contributed by atoms with van der Waals surface area (Å²) >= 11 is 0. The molecule has 164 valence electrons. The van der Waals surface area contributed by atoms with Gasteiger partial charge in [0.05, 0.1) is 12.9 Å². The fraction of sp³-hybridized carbons (Fsp3) is 0.348. The number of benzene rings is 1. The molecule has 2 aromatic heterocycles. The first-order valence-corrected chi connectivity index (χ1v) is 10.5. The Hall–Kier alpha value is -2.62. The van der Waals surface area contributed by atoms with Crippen molar-refractivity contribution < 1.29 is 0 Å². The zero-order valence-electron chi connectivity index (χ0n) is 17.9. The maximum absolute atomic E-state index is 4.89. The number of imidazole rings is 1. The monoisotopic (exact) mass is 531 g/mol. The van der Waals surface area contributed by atoms with Crippen LogP contribution in [0.25, 0.3) is 0 Å². The van der Waals surface area contributed by atoms with Crippen LogP contribution in [-0.4, -0.2) is 58.1 Å². The quantitative estimate of drug-likeness (QED) is 0.301. The normalized spacial score (nSPS) is 14.3. The van der Waals surface area contributed by atoms with Crippen LogP contribution in [0.5, 0.6) is 0 Å². The fourth-order valence-corrected chi connectivity index (χ4v) is 3.62. The Kier molecular flexibility index (Phi) is 8.69. The minimum absolute atomic E-state index is 0. The lowest BCUT2D eigenvalue weighted by Gasteiger charge is -2.37. The number of pyridine rings is 1. The molecule has 7 nitrogen and oxygen atoms in total. The molecule has 1 N–H and O–H groups in total. The van der Waals surface area contributed by atoms with E-state index in [2.05, 4.69) is 66.9 Å². The van der Waals surface area contributed by atoms with E-state index in [-0.39, 0.29) is 24.0 Å². The van der Waals surface area contributed by atoms with E-state index in [0.29, 0.717) is 6.54 Å². The molecule has 1 aliphatic heterocycles. The number of nitrogens with zero attached hydrogens (tertiary/aromatic N) is 6. The highest BCUT2D eigenvalue weighted by molar-refractivity contribution is 14.0. The Morgan fingerprint density at radius 2 is 1.77 bits per heavy atom. The van der Waals surface area contributed by atoms with Crippen molar-refractivity contribution in [3.63, 3.8) is 0 Å². The van der Waals surface area contributed by atoms with Gasteiger partial charge in [-0.25, -0.2) is 15.0 Å². The predicted molar refractivity (Wildman–Crippen MR) is 136 cm³/mol. The average molecular weight is 531 g/mol. The third kappa shape index (κ3) is 6.43. The Morgan fingerprint density at radius 1 is 1.00 bits per heavy atom. The molecule has 1 fully saturated rings. The van der Waals surface area contributed by atoms with Crippen LogP contribution < -0.4 is 10.2 Å². The lowest BCUT2D eigenvalue weighted by atomic mass is 10.1. The first-order chi connectivity index (χ1) is 14.8. The number of hydrogen-bond donors (Lipinski definition) is 1.